The Balaban J connectivity index is 2.63. The number of amides is 3. The minimum Gasteiger partial charge on any atom is -0.347 e. The molecule has 0 fully saturated rings. The molecule has 0 aliphatic carbocycles. The van der Waals surface area contributed by atoms with E-state index < -0.39 is 11.8 Å². The Hall–Kier alpha value is -2.96. The molecule has 1 aromatic carbocycles. The van der Waals surface area contributed by atoms with Gasteiger partial charge in [-0.05, 0) is 11.6 Å². The predicted octanol–water partition coefficient (Wildman–Crippen LogP) is -0.105. The molecule has 0 saturated carbocycles. The number of hydrazine groups is 1. The zero-order valence-electron chi connectivity index (χ0n) is 12.1. The van der Waals surface area contributed by atoms with Crippen molar-refractivity contribution in [1.29, 1.82) is 0 Å². The molecule has 116 valence electrons. The molecule has 22 heavy (non-hydrogen) atoms. The summed E-state index contributed by atoms with van der Waals surface area (Å²) in [6.07, 6.45) is 3.31. The van der Waals surface area contributed by atoms with Crippen molar-refractivity contribution in [3.63, 3.8) is 0 Å². The van der Waals surface area contributed by atoms with Gasteiger partial charge in [-0.1, -0.05) is 30.3 Å². The third kappa shape index (κ3) is 6.47. The van der Waals surface area contributed by atoms with Crippen LogP contribution in [0, 0.1) is 0 Å². The fourth-order valence-corrected chi connectivity index (χ4v) is 1.48. The van der Waals surface area contributed by atoms with Crippen LogP contribution in [0.2, 0.25) is 0 Å². The van der Waals surface area contributed by atoms with Gasteiger partial charge >= 0.3 is 0 Å². The zero-order chi connectivity index (χ0) is 16.4. The van der Waals surface area contributed by atoms with Gasteiger partial charge in [0.05, 0.1) is 13.1 Å². The molecule has 0 radical (unpaired) electrons. The Morgan fingerprint density at radius 3 is 2.45 bits per heavy atom. The zero-order valence-corrected chi connectivity index (χ0v) is 12.1. The molecular formula is C15H17N3O4. The highest BCUT2D eigenvalue weighted by molar-refractivity contribution is 5.94. The third-order valence-corrected chi connectivity index (χ3v) is 2.50. The molecule has 0 aromatic heterocycles. The van der Waals surface area contributed by atoms with E-state index in [0.717, 1.165) is 10.6 Å². The van der Waals surface area contributed by atoms with E-state index >= 15 is 0 Å². The highest BCUT2D eigenvalue weighted by atomic mass is 16.2. The van der Waals surface area contributed by atoms with Crippen molar-refractivity contribution in [3.8, 4) is 0 Å². The summed E-state index contributed by atoms with van der Waals surface area (Å²) in [6.45, 7) is 0.703. The van der Waals surface area contributed by atoms with Crippen molar-refractivity contribution in [1.82, 2.24) is 15.8 Å². The quantitative estimate of drug-likeness (QED) is 0.435. The maximum atomic E-state index is 12.0. The average Bonchev–Trinajstić information content (AvgIpc) is 2.51. The second-order valence-electron chi connectivity index (χ2n) is 4.30. The number of carbonyl (C=O) groups is 4. The number of hydrogen-bond acceptors (Lipinski definition) is 4. The Morgan fingerprint density at radius 1 is 1.18 bits per heavy atom. The van der Waals surface area contributed by atoms with E-state index in [1.54, 1.807) is 6.08 Å². The van der Waals surface area contributed by atoms with E-state index in [2.05, 4.69) is 10.7 Å². The number of aldehydes is 1. The van der Waals surface area contributed by atoms with Crippen molar-refractivity contribution < 1.29 is 19.2 Å². The van der Waals surface area contributed by atoms with Crippen LogP contribution in [-0.4, -0.2) is 42.1 Å². The molecule has 0 atom stereocenters. The minimum atomic E-state index is -0.599. The van der Waals surface area contributed by atoms with Gasteiger partial charge in [0.1, 0.15) is 6.29 Å². The summed E-state index contributed by atoms with van der Waals surface area (Å²) in [5.41, 5.74) is 3.07. The SMILES string of the molecule is CC(=O)NCC(=O)NN(CC=O)C(=O)C=Cc1ccccc1. The molecule has 1 aromatic rings. The monoisotopic (exact) mass is 303 g/mol. The van der Waals surface area contributed by atoms with Crippen LogP contribution in [0.15, 0.2) is 36.4 Å². The summed E-state index contributed by atoms with van der Waals surface area (Å²) >= 11 is 0. The van der Waals surface area contributed by atoms with Crippen LogP contribution >= 0.6 is 0 Å². The summed E-state index contributed by atoms with van der Waals surface area (Å²) in [7, 11) is 0. The van der Waals surface area contributed by atoms with Crippen LogP contribution in [-0.2, 0) is 19.2 Å². The first-order valence-electron chi connectivity index (χ1n) is 6.55. The van der Waals surface area contributed by atoms with E-state index in [1.807, 2.05) is 30.3 Å². The normalized spacial score (nSPS) is 10.0. The molecule has 7 heteroatoms. The van der Waals surface area contributed by atoms with Gasteiger partial charge in [-0.15, -0.1) is 0 Å². The number of rotatable bonds is 6. The molecule has 0 aliphatic heterocycles. The van der Waals surface area contributed by atoms with E-state index in [0.29, 0.717) is 6.29 Å². The maximum absolute atomic E-state index is 12.0. The third-order valence-electron chi connectivity index (χ3n) is 2.50. The molecular weight excluding hydrogens is 286 g/mol. The van der Waals surface area contributed by atoms with Gasteiger partial charge in [-0.2, -0.15) is 0 Å². The van der Waals surface area contributed by atoms with E-state index in [9.17, 15) is 19.2 Å². The second kappa shape index (κ2) is 9.06. The molecule has 0 aliphatic rings. The molecule has 1 rings (SSSR count). The smallest absolute Gasteiger partial charge is 0.265 e. The minimum absolute atomic E-state index is 0.277. The lowest BCUT2D eigenvalue weighted by Crippen LogP contribution is -2.49. The summed E-state index contributed by atoms with van der Waals surface area (Å²) in [5, 5.41) is 3.17. The molecule has 0 unspecified atom stereocenters. The first-order valence-corrected chi connectivity index (χ1v) is 6.55. The first-order chi connectivity index (χ1) is 10.5. The maximum Gasteiger partial charge on any atom is 0.265 e. The Bertz CT molecular complexity index is 569. The van der Waals surface area contributed by atoms with Gasteiger partial charge in [-0.3, -0.25) is 19.8 Å². The van der Waals surface area contributed by atoms with Crippen molar-refractivity contribution in [2.24, 2.45) is 0 Å². The van der Waals surface area contributed by atoms with Crippen LogP contribution in [0.3, 0.4) is 0 Å². The molecule has 3 amide bonds. The Kier molecular flexibility index (Phi) is 7.04. The van der Waals surface area contributed by atoms with Gasteiger partial charge < -0.3 is 10.1 Å². The predicted molar refractivity (Wildman–Crippen MR) is 80.1 cm³/mol. The van der Waals surface area contributed by atoms with Gasteiger partial charge in [0.25, 0.3) is 11.8 Å². The summed E-state index contributed by atoms with van der Waals surface area (Å²) in [5.74, 6) is -1.52. The van der Waals surface area contributed by atoms with Crippen molar-refractivity contribution in [3.05, 3.63) is 42.0 Å². The lowest BCUT2D eigenvalue weighted by atomic mass is 10.2. The van der Waals surface area contributed by atoms with E-state index in [-0.39, 0.29) is 19.0 Å². The Labute approximate surface area is 128 Å². The second-order valence-corrected chi connectivity index (χ2v) is 4.30. The number of carbonyl (C=O) groups excluding carboxylic acids is 4. The van der Waals surface area contributed by atoms with Gasteiger partial charge in [0.15, 0.2) is 0 Å². The van der Waals surface area contributed by atoms with Crippen LogP contribution < -0.4 is 10.7 Å². The van der Waals surface area contributed by atoms with Crippen LogP contribution in [0.1, 0.15) is 12.5 Å². The molecule has 2 N–H and O–H groups in total. The van der Waals surface area contributed by atoms with E-state index in [4.69, 9.17) is 0 Å². The van der Waals surface area contributed by atoms with Crippen LogP contribution in [0.5, 0.6) is 0 Å². The number of benzene rings is 1. The topological polar surface area (TPSA) is 95.6 Å². The highest BCUT2D eigenvalue weighted by Gasteiger charge is 2.13. The van der Waals surface area contributed by atoms with Crippen LogP contribution in [0.4, 0.5) is 0 Å². The number of nitrogens with one attached hydrogen (secondary N) is 2. The van der Waals surface area contributed by atoms with Crippen molar-refractivity contribution in [2.75, 3.05) is 13.1 Å². The molecule has 0 spiro atoms. The first kappa shape index (κ1) is 17.1. The van der Waals surface area contributed by atoms with E-state index in [1.165, 1.54) is 13.0 Å². The molecule has 0 saturated heterocycles. The standard InChI is InChI=1S/C15H17N3O4/c1-12(20)16-11-14(21)17-18(9-10-19)15(22)8-7-13-5-3-2-4-6-13/h2-8,10H,9,11H2,1H3,(H,16,20)(H,17,21). The fraction of sp³-hybridized carbons (Fsp3) is 0.200. The van der Waals surface area contributed by atoms with Crippen LogP contribution in [0.25, 0.3) is 6.08 Å². The fourth-order valence-electron chi connectivity index (χ4n) is 1.48. The molecule has 7 nitrogen and oxygen atoms in total. The summed E-state index contributed by atoms with van der Waals surface area (Å²) < 4.78 is 0. The molecule has 0 bridgehead atoms. The van der Waals surface area contributed by atoms with Gasteiger partial charge in [0.2, 0.25) is 5.91 Å². The van der Waals surface area contributed by atoms with Crippen molar-refractivity contribution in [2.45, 2.75) is 6.92 Å². The lowest BCUT2D eigenvalue weighted by molar-refractivity contribution is -0.139. The van der Waals surface area contributed by atoms with Crippen molar-refractivity contribution >= 4 is 30.1 Å². The summed E-state index contributed by atoms with van der Waals surface area (Å²) in [6, 6.07) is 9.11. The molecule has 0 heterocycles. The average molecular weight is 303 g/mol. The number of hydrogen-bond donors (Lipinski definition) is 2. The Morgan fingerprint density at radius 2 is 1.86 bits per heavy atom. The lowest BCUT2D eigenvalue weighted by Gasteiger charge is -2.19. The largest absolute Gasteiger partial charge is 0.347 e. The number of nitrogens with zero attached hydrogens (tertiary/aromatic N) is 1. The highest BCUT2D eigenvalue weighted by Crippen LogP contribution is 2.01. The van der Waals surface area contributed by atoms with Gasteiger partial charge in [-0.25, -0.2) is 5.01 Å². The summed E-state index contributed by atoms with van der Waals surface area (Å²) in [4.78, 5) is 44.8. The van der Waals surface area contributed by atoms with Gasteiger partial charge in [0, 0.05) is 13.0 Å².